The SMILES string of the molecule is CCOc1cc(OC)ccc1-c1ccc(OCc2ccc(OC)cc2)cc1. The van der Waals surface area contributed by atoms with E-state index in [-0.39, 0.29) is 0 Å². The normalized spacial score (nSPS) is 10.3. The van der Waals surface area contributed by atoms with Gasteiger partial charge in [-0.25, -0.2) is 0 Å². The van der Waals surface area contributed by atoms with E-state index in [2.05, 4.69) is 0 Å². The zero-order valence-electron chi connectivity index (χ0n) is 15.9. The Morgan fingerprint density at radius 3 is 1.93 bits per heavy atom. The van der Waals surface area contributed by atoms with Crippen molar-refractivity contribution >= 4 is 0 Å². The maximum absolute atomic E-state index is 5.88. The van der Waals surface area contributed by atoms with Crippen molar-refractivity contribution in [1.29, 1.82) is 0 Å². The van der Waals surface area contributed by atoms with Crippen LogP contribution in [0, 0.1) is 0 Å². The molecule has 0 atom stereocenters. The van der Waals surface area contributed by atoms with E-state index in [0.29, 0.717) is 13.2 Å². The second-order valence-electron chi connectivity index (χ2n) is 5.96. The predicted molar refractivity (Wildman–Crippen MR) is 107 cm³/mol. The molecular weight excluding hydrogens is 340 g/mol. The monoisotopic (exact) mass is 364 g/mol. The molecule has 0 N–H and O–H groups in total. The van der Waals surface area contributed by atoms with Crippen molar-refractivity contribution in [2.45, 2.75) is 13.5 Å². The summed E-state index contributed by atoms with van der Waals surface area (Å²) in [6.45, 7) is 3.08. The highest BCUT2D eigenvalue weighted by molar-refractivity contribution is 5.72. The first kappa shape index (κ1) is 18.6. The first-order valence-corrected chi connectivity index (χ1v) is 8.90. The molecule has 0 fully saturated rings. The van der Waals surface area contributed by atoms with Crippen LogP contribution in [0.25, 0.3) is 11.1 Å². The second kappa shape index (κ2) is 8.99. The van der Waals surface area contributed by atoms with Crippen molar-refractivity contribution in [3.05, 3.63) is 72.3 Å². The van der Waals surface area contributed by atoms with Gasteiger partial charge in [-0.2, -0.15) is 0 Å². The van der Waals surface area contributed by atoms with Gasteiger partial charge in [-0.3, -0.25) is 0 Å². The van der Waals surface area contributed by atoms with Crippen LogP contribution in [0.1, 0.15) is 12.5 Å². The van der Waals surface area contributed by atoms with Crippen molar-refractivity contribution in [2.24, 2.45) is 0 Å². The molecule has 0 bridgehead atoms. The van der Waals surface area contributed by atoms with Gasteiger partial charge in [0.15, 0.2) is 0 Å². The molecular formula is C23H24O4. The number of hydrogen-bond donors (Lipinski definition) is 0. The molecule has 0 heterocycles. The molecule has 0 amide bonds. The third-order valence-corrected chi connectivity index (χ3v) is 4.22. The van der Waals surface area contributed by atoms with Crippen molar-refractivity contribution in [3.8, 4) is 34.1 Å². The standard InChI is InChI=1S/C23H24O4/c1-4-26-23-15-21(25-3)13-14-22(23)18-7-11-20(12-8-18)27-16-17-5-9-19(24-2)10-6-17/h5-15H,4,16H2,1-3H3. The van der Waals surface area contributed by atoms with Gasteiger partial charge in [0, 0.05) is 11.6 Å². The van der Waals surface area contributed by atoms with Crippen molar-refractivity contribution in [2.75, 3.05) is 20.8 Å². The van der Waals surface area contributed by atoms with E-state index in [0.717, 1.165) is 39.7 Å². The van der Waals surface area contributed by atoms with Crippen LogP contribution in [0.4, 0.5) is 0 Å². The minimum atomic E-state index is 0.510. The van der Waals surface area contributed by atoms with Gasteiger partial charge in [-0.15, -0.1) is 0 Å². The Bertz CT molecular complexity index is 855. The van der Waals surface area contributed by atoms with Crippen molar-refractivity contribution < 1.29 is 18.9 Å². The Morgan fingerprint density at radius 1 is 0.667 bits per heavy atom. The lowest BCUT2D eigenvalue weighted by Gasteiger charge is -2.13. The third kappa shape index (κ3) is 4.73. The number of rotatable bonds is 8. The lowest BCUT2D eigenvalue weighted by Crippen LogP contribution is -1.96. The summed E-state index contributed by atoms with van der Waals surface area (Å²) >= 11 is 0. The molecule has 0 saturated carbocycles. The third-order valence-electron chi connectivity index (χ3n) is 4.22. The average molecular weight is 364 g/mol. The summed E-state index contributed by atoms with van der Waals surface area (Å²) in [5, 5.41) is 0. The maximum Gasteiger partial charge on any atom is 0.130 e. The van der Waals surface area contributed by atoms with E-state index in [9.17, 15) is 0 Å². The zero-order valence-corrected chi connectivity index (χ0v) is 15.9. The summed E-state index contributed by atoms with van der Waals surface area (Å²) in [5.74, 6) is 3.25. The summed E-state index contributed by atoms with van der Waals surface area (Å²) in [5.41, 5.74) is 3.19. The Balaban J connectivity index is 1.71. The molecule has 0 aliphatic rings. The molecule has 0 aliphatic carbocycles. The van der Waals surface area contributed by atoms with Crippen LogP contribution in [-0.2, 0) is 6.61 Å². The van der Waals surface area contributed by atoms with Gasteiger partial charge in [0.25, 0.3) is 0 Å². The van der Waals surface area contributed by atoms with E-state index < -0.39 is 0 Å². The topological polar surface area (TPSA) is 36.9 Å². The summed E-state index contributed by atoms with van der Waals surface area (Å²) in [7, 11) is 3.31. The van der Waals surface area contributed by atoms with E-state index in [1.165, 1.54) is 0 Å². The summed E-state index contributed by atoms with van der Waals surface area (Å²) in [6.07, 6.45) is 0. The minimum absolute atomic E-state index is 0.510. The van der Waals surface area contributed by atoms with Gasteiger partial charge >= 0.3 is 0 Å². The molecule has 3 aromatic carbocycles. The molecule has 3 rings (SSSR count). The number of methoxy groups -OCH3 is 2. The lowest BCUT2D eigenvalue weighted by molar-refractivity contribution is 0.306. The van der Waals surface area contributed by atoms with Gasteiger partial charge in [-0.1, -0.05) is 24.3 Å². The van der Waals surface area contributed by atoms with Gasteiger partial charge in [0.1, 0.15) is 29.6 Å². The molecule has 0 saturated heterocycles. The Kier molecular flexibility index (Phi) is 6.21. The molecule has 0 unspecified atom stereocenters. The highest BCUT2D eigenvalue weighted by atomic mass is 16.5. The van der Waals surface area contributed by atoms with Crippen LogP contribution in [0.2, 0.25) is 0 Å². The lowest BCUT2D eigenvalue weighted by atomic mass is 10.0. The van der Waals surface area contributed by atoms with E-state index in [4.69, 9.17) is 18.9 Å². The largest absolute Gasteiger partial charge is 0.497 e. The molecule has 4 nitrogen and oxygen atoms in total. The fourth-order valence-corrected chi connectivity index (χ4v) is 2.76. The van der Waals surface area contributed by atoms with Crippen LogP contribution in [0.3, 0.4) is 0 Å². The zero-order chi connectivity index (χ0) is 19.1. The fraction of sp³-hybridized carbons (Fsp3) is 0.217. The van der Waals surface area contributed by atoms with Gasteiger partial charge in [0.2, 0.25) is 0 Å². The second-order valence-corrected chi connectivity index (χ2v) is 5.96. The molecule has 27 heavy (non-hydrogen) atoms. The smallest absolute Gasteiger partial charge is 0.130 e. The quantitative estimate of drug-likeness (QED) is 0.540. The fourth-order valence-electron chi connectivity index (χ4n) is 2.76. The summed E-state index contributed by atoms with van der Waals surface area (Å²) in [4.78, 5) is 0. The molecule has 0 spiro atoms. The summed E-state index contributed by atoms with van der Waals surface area (Å²) in [6, 6.07) is 21.7. The number of ether oxygens (including phenoxy) is 4. The van der Waals surface area contributed by atoms with Crippen LogP contribution < -0.4 is 18.9 Å². The van der Waals surface area contributed by atoms with Gasteiger partial charge in [0.05, 0.1) is 20.8 Å². The van der Waals surface area contributed by atoms with Crippen LogP contribution in [-0.4, -0.2) is 20.8 Å². The Morgan fingerprint density at radius 2 is 1.30 bits per heavy atom. The molecule has 140 valence electrons. The van der Waals surface area contributed by atoms with Crippen LogP contribution in [0.15, 0.2) is 66.7 Å². The van der Waals surface area contributed by atoms with Gasteiger partial charge < -0.3 is 18.9 Å². The minimum Gasteiger partial charge on any atom is -0.497 e. The van der Waals surface area contributed by atoms with Crippen molar-refractivity contribution in [1.82, 2.24) is 0 Å². The van der Waals surface area contributed by atoms with E-state index in [1.54, 1.807) is 14.2 Å². The summed E-state index contributed by atoms with van der Waals surface area (Å²) < 4.78 is 22.1. The predicted octanol–water partition coefficient (Wildman–Crippen LogP) is 5.35. The number of benzene rings is 3. The average Bonchev–Trinajstić information content (AvgIpc) is 2.73. The highest BCUT2D eigenvalue weighted by Gasteiger charge is 2.08. The van der Waals surface area contributed by atoms with E-state index >= 15 is 0 Å². The molecule has 3 aromatic rings. The number of hydrogen-bond acceptors (Lipinski definition) is 4. The van der Waals surface area contributed by atoms with Crippen LogP contribution in [0.5, 0.6) is 23.0 Å². The Hall–Kier alpha value is -3.14. The molecule has 0 radical (unpaired) electrons. The maximum atomic E-state index is 5.88. The van der Waals surface area contributed by atoms with Gasteiger partial charge in [-0.05, 0) is 54.4 Å². The Labute approximate surface area is 160 Å². The van der Waals surface area contributed by atoms with Crippen molar-refractivity contribution in [3.63, 3.8) is 0 Å². The van der Waals surface area contributed by atoms with E-state index in [1.807, 2.05) is 73.7 Å². The molecule has 0 aromatic heterocycles. The molecule has 0 aliphatic heterocycles. The first-order chi connectivity index (χ1) is 13.2. The van der Waals surface area contributed by atoms with Crippen LogP contribution >= 0.6 is 0 Å². The molecule has 4 heteroatoms. The first-order valence-electron chi connectivity index (χ1n) is 8.90. The highest BCUT2D eigenvalue weighted by Crippen LogP contribution is 2.34.